The lowest BCUT2D eigenvalue weighted by Gasteiger charge is -2.18. The zero-order chi connectivity index (χ0) is 13.8. The number of nitrogens with zero attached hydrogens (tertiary/aromatic N) is 1. The third kappa shape index (κ3) is 3.76. The Morgan fingerprint density at radius 1 is 1.58 bits per heavy atom. The molecule has 0 aromatic rings. The Morgan fingerprint density at radius 2 is 2.37 bits per heavy atom. The SMILES string of the molecule is CC(C(=O)NC(=O)C1=CN(Cl)CC=C1)C1CCSC1. The number of amides is 2. The van der Waals surface area contributed by atoms with E-state index in [1.54, 1.807) is 12.2 Å². The van der Waals surface area contributed by atoms with Gasteiger partial charge in [-0.25, -0.2) is 0 Å². The number of hydrogen-bond donors (Lipinski definition) is 1. The van der Waals surface area contributed by atoms with Gasteiger partial charge in [-0.05, 0) is 23.8 Å². The van der Waals surface area contributed by atoms with Crippen LogP contribution in [0.3, 0.4) is 0 Å². The maximum Gasteiger partial charge on any atom is 0.259 e. The Balaban J connectivity index is 1.91. The van der Waals surface area contributed by atoms with Gasteiger partial charge in [0.25, 0.3) is 5.91 Å². The molecule has 104 valence electrons. The van der Waals surface area contributed by atoms with Crippen molar-refractivity contribution < 1.29 is 9.59 Å². The summed E-state index contributed by atoms with van der Waals surface area (Å²) in [5.41, 5.74) is 0.405. The van der Waals surface area contributed by atoms with E-state index < -0.39 is 0 Å². The van der Waals surface area contributed by atoms with Gasteiger partial charge in [-0.1, -0.05) is 19.1 Å². The molecule has 2 aliphatic heterocycles. The average molecular weight is 301 g/mol. The van der Waals surface area contributed by atoms with E-state index in [0.29, 0.717) is 18.0 Å². The molecule has 0 spiro atoms. The van der Waals surface area contributed by atoms with E-state index in [2.05, 4.69) is 5.32 Å². The summed E-state index contributed by atoms with van der Waals surface area (Å²) in [4.78, 5) is 24.0. The first-order valence-electron chi connectivity index (χ1n) is 6.31. The van der Waals surface area contributed by atoms with Crippen molar-refractivity contribution >= 4 is 35.4 Å². The van der Waals surface area contributed by atoms with E-state index in [1.165, 1.54) is 10.6 Å². The van der Waals surface area contributed by atoms with Gasteiger partial charge < -0.3 is 0 Å². The lowest BCUT2D eigenvalue weighted by molar-refractivity contribution is -0.131. The highest BCUT2D eigenvalue weighted by atomic mass is 35.5. The molecule has 2 atom stereocenters. The van der Waals surface area contributed by atoms with Gasteiger partial charge in [0.1, 0.15) is 0 Å². The van der Waals surface area contributed by atoms with E-state index in [9.17, 15) is 9.59 Å². The van der Waals surface area contributed by atoms with Crippen LogP contribution in [0, 0.1) is 11.8 Å². The fourth-order valence-corrected chi connectivity index (χ4v) is 3.70. The first-order valence-corrected chi connectivity index (χ1v) is 7.81. The van der Waals surface area contributed by atoms with Crippen LogP contribution in [0.5, 0.6) is 0 Å². The molecule has 6 heteroatoms. The van der Waals surface area contributed by atoms with Crippen molar-refractivity contribution in [2.24, 2.45) is 11.8 Å². The molecule has 0 aliphatic carbocycles. The molecule has 0 saturated carbocycles. The first kappa shape index (κ1) is 14.5. The van der Waals surface area contributed by atoms with Gasteiger partial charge in [-0.15, -0.1) is 0 Å². The maximum atomic E-state index is 12.0. The summed E-state index contributed by atoms with van der Waals surface area (Å²) in [6.07, 6.45) is 6.03. The van der Waals surface area contributed by atoms with Crippen molar-refractivity contribution in [3.05, 3.63) is 23.9 Å². The molecule has 1 N–H and O–H groups in total. The Morgan fingerprint density at radius 3 is 3.00 bits per heavy atom. The molecular formula is C13H17ClN2O2S. The minimum atomic E-state index is -0.385. The Labute approximate surface area is 122 Å². The lowest BCUT2D eigenvalue weighted by atomic mass is 9.93. The number of rotatable bonds is 3. The summed E-state index contributed by atoms with van der Waals surface area (Å²) < 4.78 is 1.39. The highest BCUT2D eigenvalue weighted by molar-refractivity contribution is 7.99. The summed E-state index contributed by atoms with van der Waals surface area (Å²) in [6.45, 7) is 2.44. The van der Waals surface area contributed by atoms with Crippen LogP contribution in [0.2, 0.25) is 0 Å². The van der Waals surface area contributed by atoms with Gasteiger partial charge in [-0.3, -0.25) is 19.3 Å². The predicted octanol–water partition coefficient (Wildman–Crippen LogP) is 1.93. The zero-order valence-electron chi connectivity index (χ0n) is 10.8. The molecule has 2 amide bonds. The normalized spacial score (nSPS) is 24.0. The molecule has 0 radical (unpaired) electrons. The standard InChI is InChI=1S/C13H17ClN2O2S/c1-9(11-4-6-19-8-11)12(17)15-13(18)10-3-2-5-16(14)7-10/h2-3,7,9,11H,4-6,8H2,1H3,(H,15,17,18). The van der Waals surface area contributed by atoms with Crippen LogP contribution in [0.15, 0.2) is 23.9 Å². The van der Waals surface area contributed by atoms with Crippen molar-refractivity contribution in [1.29, 1.82) is 0 Å². The third-order valence-corrected chi connectivity index (χ3v) is 4.86. The van der Waals surface area contributed by atoms with E-state index in [4.69, 9.17) is 11.8 Å². The lowest BCUT2D eigenvalue weighted by Crippen LogP contribution is -2.38. The van der Waals surface area contributed by atoms with E-state index in [-0.39, 0.29) is 17.7 Å². The van der Waals surface area contributed by atoms with Crippen LogP contribution in [0.25, 0.3) is 0 Å². The van der Waals surface area contributed by atoms with Gasteiger partial charge in [0.2, 0.25) is 5.91 Å². The van der Waals surface area contributed by atoms with Crippen LogP contribution < -0.4 is 5.32 Å². The molecule has 4 nitrogen and oxygen atoms in total. The van der Waals surface area contributed by atoms with Gasteiger partial charge >= 0.3 is 0 Å². The van der Waals surface area contributed by atoms with Crippen molar-refractivity contribution in [2.45, 2.75) is 13.3 Å². The van der Waals surface area contributed by atoms with Crippen molar-refractivity contribution in [2.75, 3.05) is 18.1 Å². The Kier molecular flexibility index (Phi) is 4.93. The smallest absolute Gasteiger partial charge is 0.259 e. The molecule has 1 saturated heterocycles. The summed E-state index contributed by atoms with van der Waals surface area (Å²) in [7, 11) is 0. The van der Waals surface area contributed by atoms with E-state index in [0.717, 1.165) is 17.9 Å². The summed E-state index contributed by atoms with van der Waals surface area (Å²) >= 11 is 7.66. The molecule has 0 bridgehead atoms. The van der Waals surface area contributed by atoms with Gasteiger partial charge in [0.15, 0.2) is 0 Å². The molecule has 2 rings (SSSR count). The second kappa shape index (κ2) is 6.48. The van der Waals surface area contributed by atoms with Crippen LogP contribution in [0.4, 0.5) is 0 Å². The fourth-order valence-electron chi connectivity index (χ4n) is 2.12. The molecule has 2 unspecified atom stereocenters. The molecule has 2 heterocycles. The molecule has 2 aliphatic rings. The Hall–Kier alpha value is -0.940. The zero-order valence-corrected chi connectivity index (χ0v) is 12.3. The summed E-state index contributed by atoms with van der Waals surface area (Å²) in [5, 5.41) is 2.45. The van der Waals surface area contributed by atoms with Crippen LogP contribution in [-0.4, -0.2) is 34.3 Å². The Bertz CT molecular complexity index is 430. The van der Waals surface area contributed by atoms with E-state index in [1.807, 2.05) is 18.7 Å². The van der Waals surface area contributed by atoms with Crippen LogP contribution in [0.1, 0.15) is 13.3 Å². The molecular weight excluding hydrogens is 284 g/mol. The fraction of sp³-hybridized carbons (Fsp3) is 0.538. The number of hydrogen-bond acceptors (Lipinski definition) is 4. The van der Waals surface area contributed by atoms with Gasteiger partial charge in [0.05, 0.1) is 12.1 Å². The van der Waals surface area contributed by atoms with Crippen molar-refractivity contribution in [3.63, 3.8) is 0 Å². The number of imide groups is 1. The molecule has 19 heavy (non-hydrogen) atoms. The molecule has 1 fully saturated rings. The average Bonchev–Trinajstić information content (AvgIpc) is 2.91. The van der Waals surface area contributed by atoms with Gasteiger partial charge in [0, 0.05) is 23.9 Å². The third-order valence-electron chi connectivity index (χ3n) is 3.44. The number of carbonyl (C=O) groups is 2. The van der Waals surface area contributed by atoms with Crippen molar-refractivity contribution in [1.82, 2.24) is 9.74 Å². The number of halogens is 1. The molecule has 0 aromatic carbocycles. The number of carbonyl (C=O) groups excluding carboxylic acids is 2. The van der Waals surface area contributed by atoms with Crippen molar-refractivity contribution in [3.8, 4) is 0 Å². The van der Waals surface area contributed by atoms with Gasteiger partial charge in [-0.2, -0.15) is 11.8 Å². The van der Waals surface area contributed by atoms with Crippen LogP contribution >= 0.6 is 23.5 Å². The highest BCUT2D eigenvalue weighted by Gasteiger charge is 2.28. The summed E-state index contributed by atoms with van der Waals surface area (Å²) in [5.74, 6) is 1.77. The highest BCUT2D eigenvalue weighted by Crippen LogP contribution is 2.29. The largest absolute Gasteiger partial charge is 0.292 e. The van der Waals surface area contributed by atoms with Crippen LogP contribution in [-0.2, 0) is 9.59 Å². The first-order chi connectivity index (χ1) is 9.08. The predicted molar refractivity (Wildman–Crippen MR) is 77.5 cm³/mol. The minimum Gasteiger partial charge on any atom is -0.292 e. The second-order valence-corrected chi connectivity index (χ2v) is 6.38. The monoisotopic (exact) mass is 300 g/mol. The topological polar surface area (TPSA) is 49.4 Å². The maximum absolute atomic E-state index is 12.0. The molecule has 0 aromatic heterocycles. The quantitative estimate of drug-likeness (QED) is 0.809. The van der Waals surface area contributed by atoms with E-state index >= 15 is 0 Å². The second-order valence-electron chi connectivity index (χ2n) is 4.80. The number of thioether (sulfide) groups is 1. The number of nitrogens with one attached hydrogen (secondary N) is 1. The minimum absolute atomic E-state index is 0.126. The summed E-state index contributed by atoms with van der Waals surface area (Å²) in [6, 6.07) is 0.